The Balaban J connectivity index is 3.04. The number of hydrogen-bond donors (Lipinski definition) is 2. The van der Waals surface area contributed by atoms with Crippen molar-refractivity contribution >= 4 is 25.3 Å². The molecule has 0 saturated carbocycles. The number of thiol groups is 2. The summed E-state index contributed by atoms with van der Waals surface area (Å²) in [6.07, 6.45) is 12.6. The van der Waals surface area contributed by atoms with E-state index in [2.05, 4.69) is 32.2 Å². The fraction of sp³-hybridized carbons (Fsp3) is 1.00. The van der Waals surface area contributed by atoms with E-state index in [0.717, 1.165) is 17.4 Å². The van der Waals surface area contributed by atoms with Crippen molar-refractivity contribution in [1.82, 2.24) is 0 Å². The molecule has 92 valence electrons. The summed E-state index contributed by atoms with van der Waals surface area (Å²) in [4.78, 5) is 0. The number of hydrogen-bond acceptors (Lipinski definition) is 2. The Labute approximate surface area is 107 Å². The fourth-order valence-corrected chi connectivity index (χ4v) is 2.63. The van der Waals surface area contributed by atoms with Gasteiger partial charge in [-0.2, -0.15) is 25.3 Å². The first-order valence-corrected chi connectivity index (χ1v) is 7.83. The molecule has 0 aromatic rings. The number of rotatable bonds is 11. The van der Waals surface area contributed by atoms with Crippen LogP contribution in [0.15, 0.2) is 0 Å². The summed E-state index contributed by atoms with van der Waals surface area (Å²) >= 11 is 8.66. The Bertz CT molecular complexity index is 111. The van der Waals surface area contributed by atoms with Crippen molar-refractivity contribution in [2.75, 3.05) is 11.5 Å². The molecular formula is C13H28S2. The van der Waals surface area contributed by atoms with Gasteiger partial charge in [0.1, 0.15) is 0 Å². The molecule has 0 aliphatic heterocycles. The monoisotopic (exact) mass is 248 g/mol. The highest BCUT2D eigenvalue weighted by Crippen LogP contribution is 2.15. The van der Waals surface area contributed by atoms with Gasteiger partial charge in [-0.1, -0.05) is 58.3 Å². The van der Waals surface area contributed by atoms with Crippen LogP contribution in [0.2, 0.25) is 0 Å². The van der Waals surface area contributed by atoms with Gasteiger partial charge < -0.3 is 0 Å². The maximum Gasteiger partial charge on any atom is -0.00617 e. The van der Waals surface area contributed by atoms with Gasteiger partial charge in [0, 0.05) is 0 Å². The summed E-state index contributed by atoms with van der Waals surface area (Å²) in [6.45, 7) is 2.27. The SMILES string of the molecule is CCCCCCCCCCC(CS)CS. The van der Waals surface area contributed by atoms with Crippen LogP contribution < -0.4 is 0 Å². The van der Waals surface area contributed by atoms with Crippen molar-refractivity contribution < 1.29 is 0 Å². The van der Waals surface area contributed by atoms with E-state index >= 15 is 0 Å². The third-order valence-corrected chi connectivity index (χ3v) is 4.02. The Morgan fingerprint density at radius 1 is 0.733 bits per heavy atom. The molecule has 0 aliphatic rings. The summed E-state index contributed by atoms with van der Waals surface area (Å²) in [5.74, 6) is 2.73. The van der Waals surface area contributed by atoms with Crippen molar-refractivity contribution in [3.05, 3.63) is 0 Å². The van der Waals surface area contributed by atoms with E-state index in [1.165, 1.54) is 57.8 Å². The Morgan fingerprint density at radius 3 is 1.67 bits per heavy atom. The third kappa shape index (κ3) is 11.0. The van der Waals surface area contributed by atoms with Crippen LogP contribution in [0.25, 0.3) is 0 Å². The van der Waals surface area contributed by atoms with Gasteiger partial charge in [-0.3, -0.25) is 0 Å². The van der Waals surface area contributed by atoms with Crippen molar-refractivity contribution in [3.8, 4) is 0 Å². The average Bonchev–Trinajstić information content (AvgIpc) is 2.27. The molecule has 0 rings (SSSR count). The van der Waals surface area contributed by atoms with Crippen LogP contribution in [-0.4, -0.2) is 11.5 Å². The normalized spacial score (nSPS) is 11.2. The molecule has 0 aromatic heterocycles. The first kappa shape index (κ1) is 15.7. The lowest BCUT2D eigenvalue weighted by Gasteiger charge is -2.10. The molecule has 2 heteroatoms. The molecule has 0 spiro atoms. The number of unbranched alkanes of at least 4 members (excludes halogenated alkanes) is 7. The van der Waals surface area contributed by atoms with Gasteiger partial charge in [0.25, 0.3) is 0 Å². The van der Waals surface area contributed by atoms with E-state index in [4.69, 9.17) is 0 Å². The average molecular weight is 249 g/mol. The van der Waals surface area contributed by atoms with Gasteiger partial charge in [-0.15, -0.1) is 0 Å². The molecule has 0 fully saturated rings. The molecule has 0 aliphatic carbocycles. The van der Waals surface area contributed by atoms with Gasteiger partial charge in [0.2, 0.25) is 0 Å². The lowest BCUT2D eigenvalue weighted by molar-refractivity contribution is 0.518. The smallest absolute Gasteiger partial charge is 0.00617 e. The second-order valence-electron chi connectivity index (χ2n) is 4.49. The zero-order valence-corrected chi connectivity index (χ0v) is 12.0. The highest BCUT2D eigenvalue weighted by molar-refractivity contribution is 7.81. The molecule has 0 N–H and O–H groups in total. The molecule has 15 heavy (non-hydrogen) atoms. The van der Waals surface area contributed by atoms with Gasteiger partial charge in [-0.05, 0) is 23.8 Å². The summed E-state index contributed by atoms with van der Waals surface area (Å²) < 4.78 is 0. The quantitative estimate of drug-likeness (QED) is 0.373. The van der Waals surface area contributed by atoms with E-state index in [1.807, 2.05) is 0 Å². The van der Waals surface area contributed by atoms with Crippen molar-refractivity contribution in [2.24, 2.45) is 5.92 Å². The van der Waals surface area contributed by atoms with Crippen molar-refractivity contribution in [1.29, 1.82) is 0 Å². The van der Waals surface area contributed by atoms with E-state index in [-0.39, 0.29) is 0 Å². The minimum Gasteiger partial charge on any atom is -0.179 e. The predicted octanol–water partition coefficient (Wildman–Crippen LogP) is 4.99. The van der Waals surface area contributed by atoms with Crippen LogP contribution in [0.3, 0.4) is 0 Å². The van der Waals surface area contributed by atoms with E-state index in [1.54, 1.807) is 0 Å². The molecule has 0 amide bonds. The van der Waals surface area contributed by atoms with Crippen molar-refractivity contribution in [3.63, 3.8) is 0 Å². The maximum atomic E-state index is 4.33. The Hall–Kier alpha value is 0.700. The maximum absolute atomic E-state index is 4.33. The summed E-state index contributed by atoms with van der Waals surface area (Å²) in [5.41, 5.74) is 0. The molecule has 0 heterocycles. The van der Waals surface area contributed by atoms with Crippen LogP contribution in [0.5, 0.6) is 0 Å². The third-order valence-electron chi connectivity index (χ3n) is 2.98. The van der Waals surface area contributed by atoms with E-state index in [0.29, 0.717) is 0 Å². The van der Waals surface area contributed by atoms with Crippen LogP contribution in [0.1, 0.15) is 64.7 Å². The molecule has 0 aromatic carbocycles. The Kier molecular flexibility index (Phi) is 13.4. The van der Waals surface area contributed by atoms with Crippen LogP contribution in [0.4, 0.5) is 0 Å². The van der Waals surface area contributed by atoms with Gasteiger partial charge >= 0.3 is 0 Å². The molecule has 0 atom stereocenters. The fourth-order valence-electron chi connectivity index (χ4n) is 1.81. The first-order chi connectivity index (χ1) is 7.35. The zero-order chi connectivity index (χ0) is 11.4. The molecule has 0 radical (unpaired) electrons. The second kappa shape index (κ2) is 12.8. The highest BCUT2D eigenvalue weighted by atomic mass is 32.1. The summed E-state index contributed by atoms with van der Waals surface area (Å²) in [7, 11) is 0. The summed E-state index contributed by atoms with van der Waals surface area (Å²) in [6, 6.07) is 0. The molecule has 0 bridgehead atoms. The van der Waals surface area contributed by atoms with Gasteiger partial charge in [0.05, 0.1) is 0 Å². The van der Waals surface area contributed by atoms with E-state index < -0.39 is 0 Å². The standard InChI is InChI=1S/C13H28S2/c1-2-3-4-5-6-7-8-9-10-13(11-14)12-15/h13-15H,2-12H2,1H3. The van der Waals surface area contributed by atoms with Gasteiger partial charge in [0.15, 0.2) is 0 Å². The molecule has 0 nitrogen and oxygen atoms in total. The lowest BCUT2D eigenvalue weighted by Crippen LogP contribution is -2.03. The lowest BCUT2D eigenvalue weighted by atomic mass is 10.0. The van der Waals surface area contributed by atoms with Crippen LogP contribution in [-0.2, 0) is 0 Å². The second-order valence-corrected chi connectivity index (χ2v) is 5.23. The van der Waals surface area contributed by atoms with Gasteiger partial charge in [-0.25, -0.2) is 0 Å². The predicted molar refractivity (Wildman–Crippen MR) is 78.4 cm³/mol. The largest absolute Gasteiger partial charge is 0.179 e. The van der Waals surface area contributed by atoms with Crippen LogP contribution in [0, 0.1) is 5.92 Å². The highest BCUT2D eigenvalue weighted by Gasteiger charge is 2.03. The summed E-state index contributed by atoms with van der Waals surface area (Å²) in [5, 5.41) is 0. The van der Waals surface area contributed by atoms with Crippen molar-refractivity contribution in [2.45, 2.75) is 64.7 Å². The van der Waals surface area contributed by atoms with Crippen LogP contribution >= 0.6 is 25.3 Å². The first-order valence-electron chi connectivity index (χ1n) is 6.56. The molecule has 0 saturated heterocycles. The molecule has 0 unspecified atom stereocenters. The minimum atomic E-state index is 0.733. The topological polar surface area (TPSA) is 0 Å². The van der Waals surface area contributed by atoms with E-state index in [9.17, 15) is 0 Å². The zero-order valence-electron chi connectivity index (χ0n) is 10.2. The molecular weight excluding hydrogens is 220 g/mol. The Morgan fingerprint density at radius 2 is 1.20 bits per heavy atom. The minimum absolute atomic E-state index is 0.733.